The highest BCUT2D eigenvalue weighted by Crippen LogP contribution is 2.22. The molecular weight excluding hydrogens is 300 g/mol. The van der Waals surface area contributed by atoms with Gasteiger partial charge in [-0.3, -0.25) is 19.6 Å². The predicted molar refractivity (Wildman–Crippen MR) is 82.9 cm³/mol. The Bertz CT molecular complexity index is 662. The van der Waals surface area contributed by atoms with E-state index in [1.165, 1.54) is 0 Å². The molecule has 0 spiro atoms. The maximum atomic E-state index is 12.2. The van der Waals surface area contributed by atoms with Crippen LogP contribution in [0.5, 0.6) is 0 Å². The van der Waals surface area contributed by atoms with Crippen molar-refractivity contribution < 1.29 is 9.59 Å². The molecular formula is C15H16N4O2S. The SMILES string of the molecule is O=C1CCC(C(=O)NCc2nccnc2-c2ccsc2)CN1. The largest absolute Gasteiger partial charge is 0.355 e. The Labute approximate surface area is 132 Å². The molecule has 1 unspecified atom stereocenters. The zero-order valence-corrected chi connectivity index (χ0v) is 12.7. The maximum Gasteiger partial charge on any atom is 0.225 e. The Morgan fingerprint density at radius 3 is 3.00 bits per heavy atom. The number of aromatic nitrogens is 2. The molecule has 0 saturated carbocycles. The Balaban J connectivity index is 1.64. The van der Waals surface area contributed by atoms with Crippen LogP contribution in [0.3, 0.4) is 0 Å². The average Bonchev–Trinajstić information content (AvgIpc) is 3.08. The zero-order chi connectivity index (χ0) is 15.4. The van der Waals surface area contributed by atoms with E-state index in [2.05, 4.69) is 20.6 Å². The van der Waals surface area contributed by atoms with E-state index < -0.39 is 0 Å². The van der Waals surface area contributed by atoms with Crippen molar-refractivity contribution >= 4 is 23.2 Å². The van der Waals surface area contributed by atoms with Crippen molar-refractivity contribution in [2.45, 2.75) is 19.4 Å². The number of thiophene rings is 1. The summed E-state index contributed by atoms with van der Waals surface area (Å²) < 4.78 is 0. The molecule has 0 aromatic carbocycles. The Hall–Kier alpha value is -2.28. The molecule has 1 aliphatic heterocycles. The van der Waals surface area contributed by atoms with Crippen LogP contribution in [0.4, 0.5) is 0 Å². The van der Waals surface area contributed by atoms with Gasteiger partial charge in [0.05, 0.1) is 23.9 Å². The summed E-state index contributed by atoms with van der Waals surface area (Å²) in [5, 5.41) is 9.60. The molecule has 2 aromatic rings. The second-order valence-corrected chi connectivity index (χ2v) is 5.90. The maximum absolute atomic E-state index is 12.2. The fourth-order valence-electron chi connectivity index (χ4n) is 2.41. The third kappa shape index (κ3) is 3.30. The van der Waals surface area contributed by atoms with Gasteiger partial charge in [0.1, 0.15) is 0 Å². The van der Waals surface area contributed by atoms with Crippen LogP contribution >= 0.6 is 11.3 Å². The molecule has 0 radical (unpaired) electrons. The second kappa shape index (κ2) is 6.65. The van der Waals surface area contributed by atoms with Crippen LogP contribution in [-0.4, -0.2) is 28.3 Å². The van der Waals surface area contributed by atoms with Crippen LogP contribution in [0.1, 0.15) is 18.5 Å². The van der Waals surface area contributed by atoms with Crippen molar-refractivity contribution in [3.05, 3.63) is 34.9 Å². The molecule has 3 rings (SSSR count). The molecule has 0 bridgehead atoms. The minimum Gasteiger partial charge on any atom is -0.355 e. The van der Waals surface area contributed by atoms with Crippen molar-refractivity contribution in [1.82, 2.24) is 20.6 Å². The summed E-state index contributed by atoms with van der Waals surface area (Å²) in [6.07, 6.45) is 4.27. The van der Waals surface area contributed by atoms with E-state index in [0.717, 1.165) is 17.0 Å². The first-order chi connectivity index (χ1) is 10.7. The number of hydrogen-bond donors (Lipinski definition) is 2. The number of piperidine rings is 1. The fraction of sp³-hybridized carbons (Fsp3) is 0.333. The minimum atomic E-state index is -0.168. The lowest BCUT2D eigenvalue weighted by Gasteiger charge is -2.21. The topological polar surface area (TPSA) is 84.0 Å². The van der Waals surface area contributed by atoms with Gasteiger partial charge in [-0.1, -0.05) is 0 Å². The summed E-state index contributed by atoms with van der Waals surface area (Å²) in [7, 11) is 0. The number of nitrogens with zero attached hydrogens (tertiary/aromatic N) is 2. The third-order valence-corrected chi connectivity index (χ3v) is 4.32. The van der Waals surface area contributed by atoms with Crippen molar-refractivity contribution in [1.29, 1.82) is 0 Å². The standard InChI is InChI=1S/C15H16N4O2S/c20-13-2-1-10(7-18-13)15(21)19-8-12-14(17-5-4-16-12)11-3-6-22-9-11/h3-6,9-10H,1-2,7-8H2,(H,18,20)(H,19,21). The van der Waals surface area contributed by atoms with Crippen LogP contribution in [0.25, 0.3) is 11.3 Å². The molecule has 2 amide bonds. The molecule has 7 heteroatoms. The highest BCUT2D eigenvalue weighted by Gasteiger charge is 2.24. The van der Waals surface area contributed by atoms with Crippen LogP contribution in [0.15, 0.2) is 29.2 Å². The average molecular weight is 316 g/mol. The monoisotopic (exact) mass is 316 g/mol. The molecule has 114 valence electrons. The Morgan fingerprint density at radius 1 is 1.41 bits per heavy atom. The van der Waals surface area contributed by atoms with Crippen molar-refractivity contribution in [3.63, 3.8) is 0 Å². The van der Waals surface area contributed by atoms with E-state index in [1.54, 1.807) is 23.7 Å². The first-order valence-electron chi connectivity index (χ1n) is 7.11. The van der Waals surface area contributed by atoms with E-state index in [4.69, 9.17) is 0 Å². The Kier molecular flexibility index (Phi) is 4.43. The highest BCUT2D eigenvalue weighted by atomic mass is 32.1. The summed E-state index contributed by atoms with van der Waals surface area (Å²) in [4.78, 5) is 32.0. The van der Waals surface area contributed by atoms with Crippen LogP contribution < -0.4 is 10.6 Å². The lowest BCUT2D eigenvalue weighted by molar-refractivity contribution is -0.129. The first kappa shape index (κ1) is 14.6. The van der Waals surface area contributed by atoms with Crippen LogP contribution in [-0.2, 0) is 16.1 Å². The summed E-state index contributed by atoms with van der Waals surface area (Å²) in [6, 6.07) is 1.98. The van der Waals surface area contributed by atoms with E-state index >= 15 is 0 Å². The van der Waals surface area contributed by atoms with Gasteiger partial charge in [0, 0.05) is 36.3 Å². The van der Waals surface area contributed by atoms with E-state index in [9.17, 15) is 9.59 Å². The lowest BCUT2D eigenvalue weighted by Crippen LogP contribution is -2.42. The molecule has 0 aliphatic carbocycles. The first-order valence-corrected chi connectivity index (χ1v) is 8.05. The molecule has 1 aliphatic rings. The summed E-state index contributed by atoms with van der Waals surface area (Å²) in [6.45, 7) is 0.741. The summed E-state index contributed by atoms with van der Waals surface area (Å²) >= 11 is 1.60. The zero-order valence-electron chi connectivity index (χ0n) is 11.9. The van der Waals surface area contributed by atoms with Crippen LogP contribution in [0.2, 0.25) is 0 Å². The van der Waals surface area contributed by atoms with Crippen molar-refractivity contribution in [2.24, 2.45) is 5.92 Å². The van der Waals surface area contributed by atoms with Gasteiger partial charge >= 0.3 is 0 Å². The second-order valence-electron chi connectivity index (χ2n) is 5.12. The molecule has 1 fully saturated rings. The Morgan fingerprint density at radius 2 is 2.27 bits per heavy atom. The van der Waals surface area contributed by atoms with E-state index in [1.807, 2.05) is 16.8 Å². The van der Waals surface area contributed by atoms with Crippen molar-refractivity contribution in [2.75, 3.05) is 6.54 Å². The molecule has 2 N–H and O–H groups in total. The van der Waals surface area contributed by atoms with E-state index in [-0.39, 0.29) is 17.7 Å². The number of hydrogen-bond acceptors (Lipinski definition) is 5. The smallest absolute Gasteiger partial charge is 0.225 e. The van der Waals surface area contributed by atoms with Gasteiger partial charge in [-0.05, 0) is 17.9 Å². The molecule has 2 aromatic heterocycles. The number of carbonyl (C=O) groups is 2. The number of nitrogens with one attached hydrogen (secondary N) is 2. The van der Waals surface area contributed by atoms with Crippen molar-refractivity contribution in [3.8, 4) is 11.3 Å². The molecule has 1 atom stereocenters. The molecule has 22 heavy (non-hydrogen) atoms. The van der Waals surface area contributed by atoms with Gasteiger partial charge in [-0.2, -0.15) is 11.3 Å². The summed E-state index contributed by atoms with van der Waals surface area (Å²) in [5.41, 5.74) is 2.54. The predicted octanol–water partition coefficient (Wildman–Crippen LogP) is 1.35. The lowest BCUT2D eigenvalue weighted by atomic mass is 9.98. The fourth-order valence-corrected chi connectivity index (χ4v) is 3.05. The third-order valence-electron chi connectivity index (χ3n) is 3.63. The van der Waals surface area contributed by atoms with Gasteiger partial charge in [-0.15, -0.1) is 0 Å². The summed E-state index contributed by atoms with van der Waals surface area (Å²) in [5.74, 6) is -0.210. The number of carbonyl (C=O) groups excluding carboxylic acids is 2. The molecule has 6 nitrogen and oxygen atoms in total. The minimum absolute atomic E-state index is 0.0118. The van der Waals surface area contributed by atoms with Gasteiger partial charge in [-0.25, -0.2) is 0 Å². The van der Waals surface area contributed by atoms with E-state index in [0.29, 0.717) is 25.9 Å². The van der Waals surface area contributed by atoms with Crippen LogP contribution in [0, 0.1) is 5.92 Å². The highest BCUT2D eigenvalue weighted by molar-refractivity contribution is 7.08. The quantitative estimate of drug-likeness (QED) is 0.892. The van der Waals surface area contributed by atoms with Gasteiger partial charge in [0.15, 0.2) is 0 Å². The molecule has 3 heterocycles. The van der Waals surface area contributed by atoms with Gasteiger partial charge < -0.3 is 10.6 Å². The van der Waals surface area contributed by atoms with Gasteiger partial charge in [0.25, 0.3) is 0 Å². The number of rotatable bonds is 4. The number of amides is 2. The normalized spacial score (nSPS) is 17.8. The molecule has 1 saturated heterocycles. The van der Waals surface area contributed by atoms with Gasteiger partial charge in [0.2, 0.25) is 11.8 Å².